The fraction of sp³-hybridized carbons (Fsp3) is 0.917. The Morgan fingerprint density at radius 1 is 0.917 bits per heavy atom. The first kappa shape index (κ1) is 24.0. The van der Waals surface area contributed by atoms with E-state index >= 15 is 0 Å². The summed E-state index contributed by atoms with van der Waals surface area (Å²) < 4.78 is 0. The zero-order valence-corrected chi connectivity index (χ0v) is 15.8. The molecule has 1 amide bonds. The zero-order chi connectivity index (χ0) is 18.6. The molecule has 10 nitrogen and oxygen atoms in total. The summed E-state index contributed by atoms with van der Waals surface area (Å²) in [5.41, 5.74) is 0. The quantitative estimate of drug-likeness (QED) is 0.136. The highest BCUT2D eigenvalue weighted by atomic mass is 31.2. The van der Waals surface area contributed by atoms with Gasteiger partial charge in [0.15, 0.2) is 12.6 Å². The van der Waals surface area contributed by atoms with Gasteiger partial charge in [0.1, 0.15) is 0 Å². The molecule has 0 aliphatic rings. The molecule has 0 unspecified atom stereocenters. The molecule has 0 aliphatic heterocycles. The standard InChI is InChI=1S/C12H30N3O7P2/c1-2-6-13-7-4-8-14-12(16)5-3-9-15(10-23(17,18)19)11-24(20,21)22/h13,17-22H,2-11H2,1H3/q+1/p+1. The largest absolute Gasteiger partial charge is 0.419 e. The minimum absolute atomic E-state index is 0.0956. The molecule has 144 valence electrons. The van der Waals surface area contributed by atoms with Crippen molar-refractivity contribution >= 4 is 21.8 Å². The second-order valence-electron chi connectivity index (χ2n) is 5.62. The molecule has 0 spiro atoms. The number of nitrogens with zero attached hydrogens (tertiary/aromatic N) is 1. The van der Waals surface area contributed by atoms with E-state index in [0.29, 0.717) is 13.0 Å². The van der Waals surface area contributed by atoms with Gasteiger partial charge < -0.3 is 10.6 Å². The Bertz CT molecular complexity index is 335. The number of hydrogen-bond acceptors (Lipinski definition) is 9. The van der Waals surface area contributed by atoms with E-state index in [2.05, 4.69) is 17.6 Å². The Balaban J connectivity index is 3.98. The Hall–Kier alpha value is 0.01000. The maximum Gasteiger partial charge on any atom is 0.419 e. The molecule has 0 aromatic heterocycles. The molecule has 8 N–H and O–H groups in total. The van der Waals surface area contributed by atoms with Crippen LogP contribution in [0, 0.1) is 0 Å². The van der Waals surface area contributed by atoms with Crippen molar-refractivity contribution in [3.63, 3.8) is 0 Å². The number of hydrogen-bond donors (Lipinski definition) is 8. The van der Waals surface area contributed by atoms with Crippen molar-refractivity contribution in [2.75, 3.05) is 38.8 Å². The monoisotopic (exact) mass is 391 g/mol. The van der Waals surface area contributed by atoms with Gasteiger partial charge in [0.25, 0.3) is 0 Å². The van der Waals surface area contributed by atoms with Crippen LogP contribution in [0.25, 0.3) is 0 Å². The van der Waals surface area contributed by atoms with Gasteiger partial charge in [-0.2, -0.15) is 29.4 Å². The predicted molar refractivity (Wildman–Crippen MR) is 93.6 cm³/mol. The summed E-state index contributed by atoms with van der Waals surface area (Å²) in [5.74, 6) is -0.165. The molecule has 0 aromatic rings. The van der Waals surface area contributed by atoms with Crippen molar-refractivity contribution < 1.29 is 34.2 Å². The third-order valence-corrected chi connectivity index (χ3v) is 4.50. The first-order valence-electron chi connectivity index (χ1n) is 7.86. The maximum atomic E-state index is 11.7. The van der Waals surface area contributed by atoms with Crippen molar-refractivity contribution in [1.82, 2.24) is 15.5 Å². The molecule has 24 heavy (non-hydrogen) atoms. The number of carbonyl (C=O) groups is 1. The minimum Gasteiger partial charge on any atom is -0.356 e. The Kier molecular flexibility index (Phi) is 12.4. The summed E-state index contributed by atoms with van der Waals surface area (Å²) >= 11 is 0. The molecule has 0 aliphatic carbocycles. The molecule has 0 atom stereocenters. The Morgan fingerprint density at radius 3 is 2.00 bits per heavy atom. The average Bonchev–Trinajstić information content (AvgIpc) is 2.39. The molecule has 0 radical (unpaired) electrons. The first-order chi connectivity index (χ1) is 11.0. The predicted octanol–water partition coefficient (Wildman–Crippen LogP) is -1.03. The minimum atomic E-state index is -4.15. The SMILES string of the molecule is CCCNCCCNC(=O)CCCN(C[P+](O)(O)O)C[P+](O)(O)O. The van der Waals surface area contributed by atoms with E-state index < -0.39 is 28.5 Å². The van der Waals surface area contributed by atoms with Gasteiger partial charge >= 0.3 is 15.9 Å². The molecule has 0 saturated heterocycles. The van der Waals surface area contributed by atoms with Crippen molar-refractivity contribution in [2.45, 2.75) is 32.6 Å². The summed E-state index contributed by atoms with van der Waals surface area (Å²) in [6.07, 6.45) is 1.15. The van der Waals surface area contributed by atoms with Gasteiger partial charge in [-0.05, 0) is 32.4 Å². The fourth-order valence-corrected chi connectivity index (χ4v) is 3.73. The van der Waals surface area contributed by atoms with Crippen LogP contribution >= 0.6 is 15.9 Å². The lowest BCUT2D eigenvalue weighted by atomic mass is 10.3. The van der Waals surface area contributed by atoms with Gasteiger partial charge in [-0.25, -0.2) is 4.90 Å². The van der Waals surface area contributed by atoms with Crippen LogP contribution < -0.4 is 10.6 Å². The van der Waals surface area contributed by atoms with Gasteiger partial charge in [0.2, 0.25) is 5.91 Å². The molecule has 0 aromatic carbocycles. The van der Waals surface area contributed by atoms with Crippen molar-refractivity contribution in [1.29, 1.82) is 0 Å². The maximum absolute atomic E-state index is 11.7. The average molecular weight is 391 g/mol. The lowest BCUT2D eigenvalue weighted by Gasteiger charge is -2.20. The molecule has 0 heterocycles. The highest BCUT2D eigenvalue weighted by Gasteiger charge is 2.40. The highest BCUT2D eigenvalue weighted by molar-refractivity contribution is 7.59. The summed E-state index contributed by atoms with van der Waals surface area (Å²) in [6, 6.07) is 0. The summed E-state index contributed by atoms with van der Waals surface area (Å²) in [4.78, 5) is 67.1. The van der Waals surface area contributed by atoms with Crippen LogP contribution in [-0.4, -0.2) is 78.9 Å². The van der Waals surface area contributed by atoms with Crippen LogP contribution in [-0.2, 0) is 4.79 Å². The highest BCUT2D eigenvalue weighted by Crippen LogP contribution is 2.49. The summed E-state index contributed by atoms with van der Waals surface area (Å²) in [7, 11) is -8.30. The topological polar surface area (TPSA) is 166 Å². The summed E-state index contributed by atoms with van der Waals surface area (Å²) in [5, 5.41) is 5.97. The van der Waals surface area contributed by atoms with Gasteiger partial charge in [-0.3, -0.25) is 4.79 Å². The van der Waals surface area contributed by atoms with Gasteiger partial charge in [0.05, 0.1) is 0 Å². The Morgan fingerprint density at radius 2 is 1.50 bits per heavy atom. The van der Waals surface area contributed by atoms with E-state index in [-0.39, 0.29) is 18.9 Å². The van der Waals surface area contributed by atoms with Crippen LogP contribution in [0.5, 0.6) is 0 Å². The fourth-order valence-electron chi connectivity index (χ4n) is 2.02. The van der Waals surface area contributed by atoms with Crippen LogP contribution in [0.4, 0.5) is 0 Å². The number of nitrogens with one attached hydrogen (secondary N) is 2. The van der Waals surface area contributed by atoms with E-state index in [4.69, 9.17) is 29.4 Å². The van der Waals surface area contributed by atoms with Crippen LogP contribution in [0.1, 0.15) is 32.6 Å². The van der Waals surface area contributed by atoms with E-state index in [1.54, 1.807) is 0 Å². The molecule has 12 heteroatoms. The van der Waals surface area contributed by atoms with Crippen molar-refractivity contribution in [3.05, 3.63) is 0 Å². The summed E-state index contributed by atoms with van der Waals surface area (Å²) in [6.45, 7) is 4.49. The lowest BCUT2D eigenvalue weighted by Crippen LogP contribution is -2.31. The molecule has 0 saturated carbocycles. The van der Waals surface area contributed by atoms with E-state index in [1.165, 1.54) is 0 Å². The number of amides is 1. The molecular weight excluding hydrogens is 360 g/mol. The zero-order valence-electron chi connectivity index (χ0n) is 14.0. The van der Waals surface area contributed by atoms with E-state index in [1.807, 2.05) is 0 Å². The second kappa shape index (κ2) is 12.4. The molecular formula is C12H31N3O7P2+2. The Labute approximate surface area is 143 Å². The van der Waals surface area contributed by atoms with E-state index in [0.717, 1.165) is 30.8 Å². The van der Waals surface area contributed by atoms with Crippen LogP contribution in [0.3, 0.4) is 0 Å². The number of rotatable bonds is 14. The molecule has 0 rings (SSSR count). The van der Waals surface area contributed by atoms with E-state index in [9.17, 15) is 4.79 Å². The second-order valence-corrected chi connectivity index (χ2v) is 8.96. The van der Waals surface area contributed by atoms with Crippen molar-refractivity contribution in [2.24, 2.45) is 0 Å². The van der Waals surface area contributed by atoms with Crippen molar-refractivity contribution in [3.8, 4) is 0 Å². The van der Waals surface area contributed by atoms with Gasteiger partial charge in [-0.15, -0.1) is 0 Å². The van der Waals surface area contributed by atoms with Gasteiger partial charge in [0, 0.05) is 19.5 Å². The first-order valence-corrected chi connectivity index (χ1v) is 11.5. The molecule has 0 bridgehead atoms. The van der Waals surface area contributed by atoms with Gasteiger partial charge in [-0.1, -0.05) is 6.92 Å². The number of carbonyl (C=O) groups excluding carboxylic acids is 1. The third kappa shape index (κ3) is 16.9. The third-order valence-electron chi connectivity index (χ3n) is 2.94. The smallest absolute Gasteiger partial charge is 0.356 e. The molecule has 0 fully saturated rings. The van der Waals surface area contributed by atoms with Crippen LogP contribution in [0.15, 0.2) is 0 Å². The van der Waals surface area contributed by atoms with Crippen LogP contribution in [0.2, 0.25) is 0 Å². The lowest BCUT2D eigenvalue weighted by molar-refractivity contribution is -0.121. The normalized spacial score (nSPS) is 12.7.